The summed E-state index contributed by atoms with van der Waals surface area (Å²) in [5.74, 6) is -3.84. The summed E-state index contributed by atoms with van der Waals surface area (Å²) in [4.78, 5) is 43.5. The molecule has 0 saturated carbocycles. The molecule has 1 heterocycles. The molecular weight excluding hydrogens is 543 g/mol. The van der Waals surface area contributed by atoms with Gasteiger partial charge in [0.2, 0.25) is 0 Å². The van der Waals surface area contributed by atoms with Crippen LogP contribution in [0.4, 0.5) is 0 Å². The topological polar surface area (TPSA) is 166 Å². The van der Waals surface area contributed by atoms with E-state index < -0.39 is 17.9 Å². The van der Waals surface area contributed by atoms with E-state index in [1.54, 1.807) is 19.6 Å². The number of carbonyl (C=O) groups is 3. The summed E-state index contributed by atoms with van der Waals surface area (Å²) in [6.45, 7) is 1.75. The van der Waals surface area contributed by atoms with Crippen LogP contribution in [0.15, 0.2) is 4.99 Å². The number of aliphatic imine (C=N–C) groups is 1. The van der Waals surface area contributed by atoms with E-state index in [4.69, 9.17) is 5.11 Å². The van der Waals surface area contributed by atoms with E-state index in [-0.39, 0.29) is 72.0 Å². The van der Waals surface area contributed by atoms with Crippen LogP contribution in [-0.2, 0) is 14.4 Å². The predicted octanol–water partition coefficient (Wildman–Crippen LogP) is -5.82. The summed E-state index contributed by atoms with van der Waals surface area (Å²) in [6.07, 6.45) is 0. The molecule has 0 amide bonds. The average molecular weight is 572 g/mol. The van der Waals surface area contributed by atoms with Gasteiger partial charge in [-0.25, -0.2) is 0 Å². The Morgan fingerprint density at radius 2 is 1.00 bits per heavy atom. The van der Waals surface area contributed by atoms with Crippen LogP contribution in [0.1, 0.15) is 0 Å². The minimum Gasteiger partial charge on any atom is -0.861 e. The largest absolute Gasteiger partial charge is 3.00 e. The molecule has 1 aliphatic heterocycles. The van der Waals surface area contributed by atoms with Crippen molar-refractivity contribution in [2.45, 2.75) is 0 Å². The third kappa shape index (κ3) is 13.4. The Labute approximate surface area is 207 Å². The fourth-order valence-electron chi connectivity index (χ4n) is 3.03. The zero-order valence-electron chi connectivity index (χ0n) is 17.0. The predicted molar refractivity (Wildman–Crippen MR) is 96.8 cm³/mol. The number of rotatable bonds is 8. The monoisotopic (exact) mass is 572 g/mol. The number of nitrogens with zero attached hydrogens (tertiary/aromatic N) is 5. The van der Waals surface area contributed by atoms with E-state index in [9.17, 15) is 29.7 Å². The van der Waals surface area contributed by atoms with E-state index >= 15 is 0 Å². The summed E-state index contributed by atoms with van der Waals surface area (Å²) in [5.41, 5.74) is 0. The smallest absolute Gasteiger partial charge is 0.861 e. The molecule has 0 aliphatic carbocycles. The molecule has 171 valence electrons. The van der Waals surface area contributed by atoms with Crippen molar-refractivity contribution < 1.29 is 74.8 Å². The van der Waals surface area contributed by atoms with E-state index in [0.29, 0.717) is 52.4 Å². The van der Waals surface area contributed by atoms with Gasteiger partial charge < -0.3 is 35.0 Å². The zero-order chi connectivity index (χ0) is 21.8. The summed E-state index contributed by atoms with van der Waals surface area (Å²) in [6, 6.07) is 0. The first-order valence-corrected chi connectivity index (χ1v) is 9.33. The number of carboxylic acids is 3. The molecule has 13 heteroatoms. The van der Waals surface area contributed by atoms with E-state index in [1.807, 2.05) is 0 Å². The first kappa shape index (κ1) is 29.0. The van der Waals surface area contributed by atoms with Crippen molar-refractivity contribution >= 4 is 23.8 Å². The SMILES string of the molecule is CN=C([O-])CN1CCN(CC(=O)[O-])CCN(CC(=O)O)CCN(CC(=O)[O-])CC1.[Gd+3]. The molecule has 0 unspecified atom stereocenters. The Morgan fingerprint density at radius 1 is 0.700 bits per heavy atom. The van der Waals surface area contributed by atoms with Crippen LogP contribution in [-0.4, -0.2) is 134 Å². The Morgan fingerprint density at radius 3 is 1.27 bits per heavy atom. The van der Waals surface area contributed by atoms with E-state index in [1.165, 1.54) is 7.05 Å². The molecule has 0 bridgehead atoms. The van der Waals surface area contributed by atoms with Gasteiger partial charge >= 0.3 is 45.9 Å². The third-order valence-electron chi connectivity index (χ3n) is 4.60. The van der Waals surface area contributed by atoms with Crippen LogP contribution in [0.2, 0.25) is 0 Å². The summed E-state index contributed by atoms with van der Waals surface area (Å²) in [7, 11) is 1.39. The molecule has 0 aromatic rings. The van der Waals surface area contributed by atoms with Gasteiger partial charge in [0.15, 0.2) is 0 Å². The second-order valence-corrected chi connectivity index (χ2v) is 6.86. The minimum absolute atomic E-state index is 0. The first-order chi connectivity index (χ1) is 13.7. The molecule has 0 aromatic heterocycles. The van der Waals surface area contributed by atoms with Crippen LogP contribution in [0, 0.1) is 39.9 Å². The average Bonchev–Trinajstić information content (AvgIpc) is 2.62. The molecule has 0 spiro atoms. The standard InChI is InChI=1S/C17H31N5O7.Gd/c1-18-14(23)10-19-2-4-20(11-15(24)25)6-8-22(13-17(28)29)9-7-21(5-3-19)12-16(26)27;/h2-13H2,1H3,(H,18,23)(H,24,25)(H,26,27)(H,28,29);/q;+3/p-3. The van der Waals surface area contributed by atoms with Gasteiger partial charge in [-0.05, 0) is 5.90 Å². The molecule has 1 rings (SSSR count). The number of hydrogen-bond donors (Lipinski definition) is 1. The quantitative estimate of drug-likeness (QED) is 0.218. The molecule has 0 aromatic carbocycles. The summed E-state index contributed by atoms with van der Waals surface area (Å²) in [5, 5.41) is 42.9. The van der Waals surface area contributed by atoms with Gasteiger partial charge in [-0.3, -0.25) is 24.4 Å². The second kappa shape index (κ2) is 15.8. The van der Waals surface area contributed by atoms with Crippen molar-refractivity contribution in [1.29, 1.82) is 0 Å². The minimum atomic E-state index is -1.24. The van der Waals surface area contributed by atoms with Crippen molar-refractivity contribution in [1.82, 2.24) is 19.6 Å². The van der Waals surface area contributed by atoms with Crippen molar-refractivity contribution in [2.24, 2.45) is 4.99 Å². The summed E-state index contributed by atoms with van der Waals surface area (Å²) >= 11 is 0. The maximum absolute atomic E-state index is 11.7. The molecule has 1 aliphatic rings. The fourth-order valence-corrected chi connectivity index (χ4v) is 3.03. The molecule has 30 heavy (non-hydrogen) atoms. The van der Waals surface area contributed by atoms with Crippen molar-refractivity contribution in [2.75, 3.05) is 85.6 Å². The maximum Gasteiger partial charge on any atom is 3.00 e. The molecule has 1 fully saturated rings. The normalized spacial score (nSPS) is 19.3. The number of hydrogen-bond acceptors (Lipinski definition) is 11. The molecule has 1 N–H and O–H groups in total. The first-order valence-electron chi connectivity index (χ1n) is 9.33. The number of aliphatic carboxylic acids is 3. The van der Waals surface area contributed by atoms with Crippen molar-refractivity contribution in [3.8, 4) is 0 Å². The fraction of sp³-hybridized carbons (Fsp3) is 0.765. The second-order valence-electron chi connectivity index (χ2n) is 6.86. The van der Waals surface area contributed by atoms with Gasteiger partial charge in [0, 0.05) is 79.0 Å². The van der Waals surface area contributed by atoms with E-state index in [0.717, 1.165) is 0 Å². The van der Waals surface area contributed by atoms with Gasteiger partial charge in [-0.2, -0.15) is 0 Å². The third-order valence-corrected chi connectivity index (χ3v) is 4.60. The van der Waals surface area contributed by atoms with Crippen LogP contribution < -0.4 is 15.3 Å². The molecule has 12 nitrogen and oxygen atoms in total. The Bertz CT molecular complexity index is 561. The van der Waals surface area contributed by atoms with Gasteiger partial charge in [-0.1, -0.05) is 0 Å². The van der Waals surface area contributed by atoms with Gasteiger partial charge in [0.05, 0.1) is 18.5 Å². The van der Waals surface area contributed by atoms with Crippen LogP contribution in [0.3, 0.4) is 0 Å². The molecule has 0 atom stereocenters. The Kier molecular flexibility index (Phi) is 15.3. The van der Waals surface area contributed by atoms with Gasteiger partial charge in [-0.15, -0.1) is 0 Å². The molecule has 1 saturated heterocycles. The van der Waals surface area contributed by atoms with Crippen LogP contribution in [0.5, 0.6) is 0 Å². The number of carbonyl (C=O) groups excluding carboxylic acids is 2. The van der Waals surface area contributed by atoms with Crippen molar-refractivity contribution in [3.63, 3.8) is 0 Å². The van der Waals surface area contributed by atoms with Crippen LogP contribution in [0.25, 0.3) is 0 Å². The Balaban J connectivity index is 0.00000841. The number of carboxylic acid groups (broad SMARTS) is 3. The Hall–Kier alpha value is -0.955. The van der Waals surface area contributed by atoms with Crippen molar-refractivity contribution in [3.05, 3.63) is 0 Å². The van der Waals surface area contributed by atoms with Gasteiger partial charge in [0.25, 0.3) is 0 Å². The van der Waals surface area contributed by atoms with E-state index in [2.05, 4.69) is 4.99 Å². The van der Waals surface area contributed by atoms with Crippen LogP contribution >= 0.6 is 0 Å². The molecular formula is C17H28GdN5O7. The van der Waals surface area contributed by atoms with Gasteiger partial charge in [0.1, 0.15) is 0 Å². The zero-order valence-corrected chi connectivity index (χ0v) is 19.2. The molecule has 1 radical (unpaired) electrons. The summed E-state index contributed by atoms with van der Waals surface area (Å²) < 4.78 is 0. The maximum atomic E-state index is 11.7.